The summed E-state index contributed by atoms with van der Waals surface area (Å²) in [4.78, 5) is 11.3. The number of hydrogen-bond donors (Lipinski definition) is 0. The second-order valence-corrected chi connectivity index (χ2v) is 5.51. The van der Waals surface area contributed by atoms with E-state index in [0.29, 0.717) is 24.3 Å². The lowest BCUT2D eigenvalue weighted by atomic mass is 9.90. The first-order valence-corrected chi connectivity index (χ1v) is 6.60. The second-order valence-electron chi connectivity index (χ2n) is 5.51. The van der Waals surface area contributed by atoms with E-state index in [0.717, 1.165) is 18.6 Å². The van der Waals surface area contributed by atoms with Gasteiger partial charge in [-0.15, -0.1) is 0 Å². The van der Waals surface area contributed by atoms with E-state index in [1.807, 2.05) is 0 Å². The molecule has 0 bridgehead atoms. The van der Waals surface area contributed by atoms with E-state index in [-0.39, 0.29) is 0 Å². The number of carbonyl (C=O) groups is 1. The molecule has 1 aliphatic carbocycles. The van der Waals surface area contributed by atoms with Crippen molar-refractivity contribution in [3.8, 4) is 0 Å². The van der Waals surface area contributed by atoms with Gasteiger partial charge in [0.1, 0.15) is 5.60 Å². The van der Waals surface area contributed by atoms with Gasteiger partial charge < -0.3 is 4.74 Å². The van der Waals surface area contributed by atoms with Crippen molar-refractivity contribution >= 4 is 5.97 Å². The molecule has 2 atom stereocenters. The van der Waals surface area contributed by atoms with Crippen LogP contribution >= 0.6 is 0 Å². The number of carbonyl (C=O) groups excluding carboxylic acids is 1. The monoisotopic (exact) mass is 286 g/mol. The van der Waals surface area contributed by atoms with Gasteiger partial charge in [-0.3, -0.25) is 4.79 Å². The van der Waals surface area contributed by atoms with E-state index in [4.69, 9.17) is 4.74 Å². The molecule has 1 saturated carbocycles. The standard InChI is InChI=1S/C15H17F3O2/c1-10-7-8-14(9-10,20-11(2)19)12-3-5-13(6-4-12)15(16,17)18/h3-6,10H,7-9H2,1-2H3. The Hall–Kier alpha value is -1.52. The average Bonchev–Trinajstić information content (AvgIpc) is 2.70. The van der Waals surface area contributed by atoms with Gasteiger partial charge in [-0.2, -0.15) is 13.2 Å². The summed E-state index contributed by atoms with van der Waals surface area (Å²) in [5.41, 5.74) is -0.814. The maximum Gasteiger partial charge on any atom is 0.416 e. The van der Waals surface area contributed by atoms with E-state index in [2.05, 4.69) is 6.92 Å². The number of ether oxygens (including phenoxy) is 1. The molecular weight excluding hydrogens is 269 g/mol. The first kappa shape index (κ1) is 14.9. The molecule has 1 fully saturated rings. The van der Waals surface area contributed by atoms with Crippen LogP contribution in [0.15, 0.2) is 24.3 Å². The Morgan fingerprint density at radius 3 is 2.30 bits per heavy atom. The number of rotatable bonds is 2. The Morgan fingerprint density at radius 2 is 1.90 bits per heavy atom. The highest BCUT2D eigenvalue weighted by molar-refractivity contribution is 5.67. The fourth-order valence-electron chi connectivity index (χ4n) is 2.90. The van der Waals surface area contributed by atoms with Crippen LogP contribution < -0.4 is 0 Å². The molecule has 0 aliphatic heterocycles. The van der Waals surface area contributed by atoms with E-state index in [9.17, 15) is 18.0 Å². The minimum absolute atomic E-state index is 0.386. The van der Waals surface area contributed by atoms with Gasteiger partial charge in [0, 0.05) is 6.92 Å². The van der Waals surface area contributed by atoms with E-state index in [1.54, 1.807) is 0 Å². The molecule has 0 aromatic heterocycles. The summed E-state index contributed by atoms with van der Waals surface area (Å²) in [6, 6.07) is 4.93. The Morgan fingerprint density at radius 1 is 1.30 bits per heavy atom. The average molecular weight is 286 g/mol. The molecule has 1 aromatic rings. The van der Waals surface area contributed by atoms with Crippen molar-refractivity contribution in [2.75, 3.05) is 0 Å². The molecule has 5 heteroatoms. The maximum absolute atomic E-state index is 12.6. The van der Waals surface area contributed by atoms with E-state index in [1.165, 1.54) is 19.1 Å². The molecule has 2 unspecified atom stereocenters. The molecule has 0 saturated heterocycles. The largest absolute Gasteiger partial charge is 0.454 e. The molecule has 1 aromatic carbocycles. The van der Waals surface area contributed by atoms with Gasteiger partial charge in [0.25, 0.3) is 0 Å². The van der Waals surface area contributed by atoms with Crippen LogP contribution in [-0.2, 0) is 21.3 Å². The van der Waals surface area contributed by atoms with Gasteiger partial charge in [-0.25, -0.2) is 0 Å². The minimum atomic E-state index is -4.35. The smallest absolute Gasteiger partial charge is 0.416 e. The third-order valence-corrected chi connectivity index (χ3v) is 3.80. The van der Waals surface area contributed by atoms with Crippen molar-refractivity contribution in [3.05, 3.63) is 35.4 Å². The molecule has 0 radical (unpaired) electrons. The van der Waals surface area contributed by atoms with Gasteiger partial charge in [-0.1, -0.05) is 19.1 Å². The molecule has 0 spiro atoms. The van der Waals surface area contributed by atoms with Gasteiger partial charge in [0.15, 0.2) is 0 Å². The highest BCUT2D eigenvalue weighted by Crippen LogP contribution is 2.45. The van der Waals surface area contributed by atoms with Crippen LogP contribution in [-0.4, -0.2) is 5.97 Å². The summed E-state index contributed by atoms with van der Waals surface area (Å²) in [5.74, 6) is -0.0179. The van der Waals surface area contributed by atoms with Crippen LogP contribution in [0.3, 0.4) is 0 Å². The zero-order valence-corrected chi connectivity index (χ0v) is 11.5. The summed E-state index contributed by atoms with van der Waals surface area (Å²) >= 11 is 0. The fraction of sp³-hybridized carbons (Fsp3) is 0.533. The lowest BCUT2D eigenvalue weighted by molar-refractivity contribution is -0.158. The lowest BCUT2D eigenvalue weighted by Gasteiger charge is -2.29. The molecule has 20 heavy (non-hydrogen) atoms. The van der Waals surface area contributed by atoms with E-state index >= 15 is 0 Å². The summed E-state index contributed by atoms with van der Waals surface area (Å²) in [7, 11) is 0. The van der Waals surface area contributed by atoms with Gasteiger partial charge in [-0.05, 0) is 42.9 Å². The van der Waals surface area contributed by atoms with Crippen LogP contribution in [0, 0.1) is 5.92 Å². The van der Waals surface area contributed by atoms with Crippen molar-refractivity contribution < 1.29 is 22.7 Å². The summed E-state index contributed by atoms with van der Waals surface area (Å²) in [5, 5.41) is 0. The van der Waals surface area contributed by atoms with Gasteiger partial charge in [0.05, 0.1) is 5.56 Å². The highest BCUT2D eigenvalue weighted by atomic mass is 19.4. The number of benzene rings is 1. The Bertz CT molecular complexity index is 493. The first-order chi connectivity index (χ1) is 9.23. The van der Waals surface area contributed by atoms with Crippen molar-refractivity contribution in [1.29, 1.82) is 0 Å². The summed E-state index contributed by atoms with van der Waals surface area (Å²) < 4.78 is 43.2. The zero-order valence-electron chi connectivity index (χ0n) is 11.5. The molecular formula is C15H17F3O2. The van der Waals surface area contributed by atoms with Crippen LogP contribution in [0.1, 0.15) is 44.2 Å². The Kier molecular flexibility index (Phi) is 3.80. The Balaban J connectivity index is 2.33. The van der Waals surface area contributed by atoms with E-state index < -0.39 is 23.3 Å². The molecule has 0 amide bonds. The first-order valence-electron chi connectivity index (χ1n) is 6.60. The quantitative estimate of drug-likeness (QED) is 0.758. The molecule has 0 N–H and O–H groups in total. The van der Waals surface area contributed by atoms with Crippen LogP contribution in [0.2, 0.25) is 0 Å². The predicted molar refractivity (Wildman–Crippen MR) is 67.9 cm³/mol. The zero-order chi connectivity index (χ0) is 15.0. The fourth-order valence-corrected chi connectivity index (χ4v) is 2.90. The molecule has 2 nitrogen and oxygen atoms in total. The van der Waals surface area contributed by atoms with Crippen molar-refractivity contribution in [1.82, 2.24) is 0 Å². The third-order valence-electron chi connectivity index (χ3n) is 3.80. The predicted octanol–water partition coefficient (Wildman–Crippen LogP) is 4.28. The molecule has 110 valence electrons. The van der Waals surface area contributed by atoms with Crippen molar-refractivity contribution in [3.63, 3.8) is 0 Å². The van der Waals surface area contributed by atoms with Crippen LogP contribution in [0.5, 0.6) is 0 Å². The van der Waals surface area contributed by atoms with Gasteiger partial charge in [0.2, 0.25) is 0 Å². The second kappa shape index (κ2) is 5.11. The Labute approximate surface area is 115 Å². The summed E-state index contributed by atoms with van der Waals surface area (Å²) in [6.45, 7) is 3.38. The SMILES string of the molecule is CC(=O)OC1(c2ccc(C(F)(F)F)cc2)CCC(C)C1. The summed E-state index contributed by atoms with van der Waals surface area (Å²) in [6.07, 6.45) is -2.15. The highest BCUT2D eigenvalue weighted by Gasteiger charge is 2.42. The molecule has 1 aliphatic rings. The van der Waals surface area contributed by atoms with Crippen molar-refractivity contribution in [2.24, 2.45) is 5.92 Å². The van der Waals surface area contributed by atoms with Crippen LogP contribution in [0.25, 0.3) is 0 Å². The molecule has 0 heterocycles. The van der Waals surface area contributed by atoms with Crippen molar-refractivity contribution in [2.45, 2.75) is 44.9 Å². The molecule has 2 rings (SSSR count). The van der Waals surface area contributed by atoms with Crippen LogP contribution in [0.4, 0.5) is 13.2 Å². The van der Waals surface area contributed by atoms with Gasteiger partial charge >= 0.3 is 12.1 Å². The number of halogens is 3. The maximum atomic E-state index is 12.6. The topological polar surface area (TPSA) is 26.3 Å². The lowest BCUT2D eigenvalue weighted by Crippen LogP contribution is -2.29. The normalized spacial score (nSPS) is 26.6. The number of hydrogen-bond acceptors (Lipinski definition) is 2. The number of alkyl halides is 3. The number of esters is 1. The minimum Gasteiger partial charge on any atom is -0.454 e. The third kappa shape index (κ3) is 2.97.